The Morgan fingerprint density at radius 3 is 2.17 bits per heavy atom. The van der Waals surface area contributed by atoms with Gasteiger partial charge in [0.1, 0.15) is 0 Å². The molecule has 2 heteroatoms. The molecule has 0 saturated heterocycles. The first-order valence-corrected chi connectivity index (χ1v) is 6.77. The highest BCUT2D eigenvalue weighted by Gasteiger charge is 2.28. The van der Waals surface area contributed by atoms with Gasteiger partial charge in [0, 0.05) is 13.0 Å². The van der Waals surface area contributed by atoms with Gasteiger partial charge in [-0.15, -0.1) is 0 Å². The summed E-state index contributed by atoms with van der Waals surface area (Å²) in [6.07, 6.45) is 0.146. The third-order valence-corrected chi connectivity index (χ3v) is 3.39. The van der Waals surface area contributed by atoms with Gasteiger partial charge in [-0.2, -0.15) is 0 Å². The lowest BCUT2D eigenvalue weighted by Gasteiger charge is -2.30. The van der Waals surface area contributed by atoms with Crippen molar-refractivity contribution in [3.63, 3.8) is 0 Å². The number of hydrogen-bond acceptors (Lipinski definition) is 2. The number of aliphatic hydroxyl groups is 1. The molecule has 1 unspecified atom stereocenters. The summed E-state index contributed by atoms with van der Waals surface area (Å²) >= 11 is 0. The molecule has 1 aromatic rings. The van der Waals surface area contributed by atoms with E-state index in [0.717, 1.165) is 5.56 Å². The molecular formula is C16H26O2. The quantitative estimate of drug-likeness (QED) is 0.837. The predicted octanol–water partition coefficient (Wildman–Crippen LogP) is 3.53. The zero-order valence-electron chi connectivity index (χ0n) is 12.2. The first-order valence-electron chi connectivity index (χ1n) is 6.77. The zero-order valence-corrected chi connectivity index (χ0v) is 12.2. The van der Waals surface area contributed by atoms with E-state index in [4.69, 9.17) is 4.74 Å². The fourth-order valence-electron chi connectivity index (χ4n) is 1.98. The summed E-state index contributed by atoms with van der Waals surface area (Å²) in [7, 11) is 0. The molecular weight excluding hydrogens is 224 g/mol. The van der Waals surface area contributed by atoms with Crippen LogP contribution in [0.4, 0.5) is 0 Å². The first kappa shape index (κ1) is 15.2. The fourth-order valence-corrected chi connectivity index (χ4v) is 1.98. The second-order valence-corrected chi connectivity index (χ2v) is 5.65. The van der Waals surface area contributed by atoms with Crippen LogP contribution >= 0.6 is 0 Å². The monoisotopic (exact) mass is 250 g/mol. The second kappa shape index (κ2) is 6.35. The number of aliphatic hydroxyl groups excluding tert-OH is 1. The normalized spacial score (nSPS) is 13.9. The highest BCUT2D eigenvalue weighted by Crippen LogP contribution is 2.20. The maximum absolute atomic E-state index is 10.2. The maximum atomic E-state index is 10.2. The Morgan fingerprint density at radius 2 is 1.72 bits per heavy atom. The lowest BCUT2D eigenvalue weighted by molar-refractivity contribution is -0.0955. The van der Waals surface area contributed by atoms with Crippen LogP contribution in [0.2, 0.25) is 0 Å². The molecule has 0 aliphatic carbocycles. The van der Waals surface area contributed by atoms with Crippen molar-refractivity contribution in [2.45, 2.75) is 58.7 Å². The van der Waals surface area contributed by atoms with Crippen molar-refractivity contribution in [1.29, 1.82) is 0 Å². The first-order chi connectivity index (χ1) is 8.36. The van der Waals surface area contributed by atoms with Crippen LogP contribution in [0.5, 0.6) is 0 Å². The van der Waals surface area contributed by atoms with Crippen LogP contribution in [-0.2, 0) is 11.2 Å². The largest absolute Gasteiger partial charge is 0.390 e. The van der Waals surface area contributed by atoms with E-state index in [1.165, 1.54) is 5.56 Å². The molecule has 0 aliphatic heterocycles. The molecule has 0 aliphatic rings. The Labute approximate surface area is 111 Å². The average Bonchev–Trinajstić information content (AvgIpc) is 2.29. The van der Waals surface area contributed by atoms with Gasteiger partial charge in [-0.3, -0.25) is 0 Å². The van der Waals surface area contributed by atoms with Crippen LogP contribution in [-0.4, -0.2) is 23.4 Å². The summed E-state index contributed by atoms with van der Waals surface area (Å²) in [6, 6.07) is 8.47. The lowest BCUT2D eigenvalue weighted by atomic mass is 9.93. The molecule has 0 amide bonds. The molecule has 0 saturated carbocycles. The molecule has 0 bridgehead atoms. The zero-order chi connectivity index (χ0) is 13.8. The number of rotatable bonds is 6. The molecule has 0 radical (unpaired) electrons. The van der Waals surface area contributed by atoms with Gasteiger partial charge in [-0.25, -0.2) is 0 Å². The number of hydrogen-bond donors (Lipinski definition) is 1. The van der Waals surface area contributed by atoms with E-state index < -0.39 is 11.7 Å². The average molecular weight is 250 g/mol. The van der Waals surface area contributed by atoms with Gasteiger partial charge in [-0.05, 0) is 37.8 Å². The van der Waals surface area contributed by atoms with Crippen molar-refractivity contribution in [1.82, 2.24) is 0 Å². The highest BCUT2D eigenvalue weighted by molar-refractivity contribution is 5.25. The van der Waals surface area contributed by atoms with Crippen molar-refractivity contribution in [2.24, 2.45) is 0 Å². The molecule has 1 N–H and O–H groups in total. The third kappa shape index (κ3) is 4.11. The van der Waals surface area contributed by atoms with Gasteiger partial charge in [0.15, 0.2) is 0 Å². The van der Waals surface area contributed by atoms with Crippen LogP contribution in [0.1, 0.15) is 51.7 Å². The molecule has 0 heterocycles. The van der Waals surface area contributed by atoms with Gasteiger partial charge < -0.3 is 9.84 Å². The molecule has 1 aromatic carbocycles. The smallest absolute Gasteiger partial charge is 0.0887 e. The summed E-state index contributed by atoms with van der Waals surface area (Å²) in [5.41, 5.74) is 1.99. The topological polar surface area (TPSA) is 29.5 Å². The highest BCUT2D eigenvalue weighted by atomic mass is 16.5. The van der Waals surface area contributed by atoms with Gasteiger partial charge in [0.2, 0.25) is 0 Å². The number of benzene rings is 1. The fraction of sp³-hybridized carbons (Fsp3) is 0.625. The van der Waals surface area contributed by atoms with Crippen LogP contribution in [0.3, 0.4) is 0 Å². The molecule has 102 valence electrons. The van der Waals surface area contributed by atoms with Gasteiger partial charge in [-0.1, -0.05) is 38.1 Å². The molecule has 1 rings (SSSR count). The van der Waals surface area contributed by atoms with Crippen molar-refractivity contribution >= 4 is 0 Å². The van der Waals surface area contributed by atoms with Gasteiger partial charge in [0.05, 0.1) is 11.7 Å². The van der Waals surface area contributed by atoms with E-state index in [1.807, 2.05) is 20.8 Å². The minimum atomic E-state index is -0.495. The van der Waals surface area contributed by atoms with Gasteiger partial charge in [0.25, 0.3) is 0 Å². The van der Waals surface area contributed by atoms with Crippen LogP contribution in [0.15, 0.2) is 24.3 Å². The summed E-state index contributed by atoms with van der Waals surface area (Å²) in [5.74, 6) is 0.545. The molecule has 18 heavy (non-hydrogen) atoms. The Bertz CT molecular complexity index is 352. The Balaban J connectivity index is 2.67. The standard InChI is InChI=1S/C16H26O2/c1-6-18-16(4,5)15(17)11-13-7-9-14(10-8-13)12(2)3/h7-10,12,15,17H,6,11H2,1-5H3. The lowest BCUT2D eigenvalue weighted by Crippen LogP contribution is -2.40. The molecule has 0 aromatic heterocycles. The van der Waals surface area contributed by atoms with E-state index in [2.05, 4.69) is 38.1 Å². The van der Waals surface area contributed by atoms with Crippen LogP contribution in [0.25, 0.3) is 0 Å². The minimum absolute atomic E-state index is 0.484. The van der Waals surface area contributed by atoms with E-state index in [0.29, 0.717) is 18.9 Å². The van der Waals surface area contributed by atoms with E-state index in [-0.39, 0.29) is 0 Å². The van der Waals surface area contributed by atoms with Crippen molar-refractivity contribution in [2.75, 3.05) is 6.61 Å². The summed E-state index contributed by atoms with van der Waals surface area (Å²) in [4.78, 5) is 0. The SMILES string of the molecule is CCOC(C)(C)C(O)Cc1ccc(C(C)C)cc1. The van der Waals surface area contributed by atoms with E-state index in [9.17, 15) is 5.11 Å². The maximum Gasteiger partial charge on any atom is 0.0887 e. The van der Waals surface area contributed by atoms with E-state index in [1.54, 1.807) is 0 Å². The van der Waals surface area contributed by atoms with Crippen LogP contribution in [0, 0.1) is 0 Å². The van der Waals surface area contributed by atoms with Crippen molar-refractivity contribution in [3.05, 3.63) is 35.4 Å². The summed E-state index contributed by atoms with van der Waals surface area (Å²) in [6.45, 7) is 10.8. The second-order valence-electron chi connectivity index (χ2n) is 5.65. The third-order valence-electron chi connectivity index (χ3n) is 3.39. The number of ether oxygens (including phenoxy) is 1. The summed E-state index contributed by atoms with van der Waals surface area (Å²) in [5, 5.41) is 10.2. The molecule has 0 spiro atoms. The van der Waals surface area contributed by atoms with Gasteiger partial charge >= 0.3 is 0 Å². The minimum Gasteiger partial charge on any atom is -0.390 e. The summed E-state index contributed by atoms with van der Waals surface area (Å²) < 4.78 is 5.58. The molecule has 0 fully saturated rings. The molecule has 2 nitrogen and oxygen atoms in total. The Hall–Kier alpha value is -0.860. The Kier molecular flexibility index (Phi) is 5.36. The van der Waals surface area contributed by atoms with E-state index >= 15 is 0 Å². The van der Waals surface area contributed by atoms with Crippen molar-refractivity contribution < 1.29 is 9.84 Å². The molecule has 1 atom stereocenters. The van der Waals surface area contributed by atoms with Crippen LogP contribution < -0.4 is 0 Å². The van der Waals surface area contributed by atoms with Crippen molar-refractivity contribution in [3.8, 4) is 0 Å². The predicted molar refractivity (Wildman–Crippen MR) is 75.9 cm³/mol. The Morgan fingerprint density at radius 1 is 1.17 bits per heavy atom.